The summed E-state index contributed by atoms with van der Waals surface area (Å²) in [6, 6.07) is 1.85. The molecule has 1 aliphatic carbocycles. The molecule has 24 heavy (non-hydrogen) atoms. The lowest BCUT2D eigenvalue weighted by molar-refractivity contribution is -0.137. The molecule has 2 aliphatic rings. The zero-order valence-corrected chi connectivity index (χ0v) is 14.2. The summed E-state index contributed by atoms with van der Waals surface area (Å²) in [6.07, 6.45) is 8.61. The summed E-state index contributed by atoms with van der Waals surface area (Å²) in [7, 11) is 0. The van der Waals surface area contributed by atoms with Crippen molar-refractivity contribution in [1.82, 2.24) is 19.9 Å². The second-order valence-electron chi connectivity index (χ2n) is 6.51. The topological polar surface area (TPSA) is 68.1 Å². The number of hydrogen-bond donors (Lipinski definition) is 0. The molecule has 0 spiro atoms. The molecule has 7 heteroatoms. The van der Waals surface area contributed by atoms with Crippen molar-refractivity contribution in [2.24, 2.45) is 5.92 Å². The third kappa shape index (κ3) is 2.77. The number of likely N-dealkylation sites (tertiary alicyclic amines) is 1. The van der Waals surface area contributed by atoms with Gasteiger partial charge in [0.15, 0.2) is 0 Å². The van der Waals surface area contributed by atoms with Crippen molar-refractivity contribution < 1.29 is 4.79 Å². The van der Waals surface area contributed by atoms with E-state index in [9.17, 15) is 9.59 Å². The van der Waals surface area contributed by atoms with Gasteiger partial charge in [-0.3, -0.25) is 9.59 Å². The Kier molecular flexibility index (Phi) is 4.18. The van der Waals surface area contributed by atoms with Crippen LogP contribution in [0.4, 0.5) is 0 Å². The first-order valence-corrected chi connectivity index (χ1v) is 9.38. The van der Waals surface area contributed by atoms with Gasteiger partial charge in [0, 0.05) is 19.0 Å². The summed E-state index contributed by atoms with van der Waals surface area (Å²) >= 11 is 1.41. The molecule has 2 aromatic heterocycles. The number of rotatable bonds is 2. The Morgan fingerprint density at radius 3 is 2.79 bits per heavy atom. The van der Waals surface area contributed by atoms with Crippen LogP contribution in [0.25, 0.3) is 10.2 Å². The van der Waals surface area contributed by atoms with E-state index < -0.39 is 0 Å². The van der Waals surface area contributed by atoms with Gasteiger partial charge in [-0.25, -0.2) is 4.68 Å². The molecule has 0 aromatic carbocycles. The Morgan fingerprint density at radius 1 is 1.21 bits per heavy atom. The summed E-state index contributed by atoms with van der Waals surface area (Å²) in [4.78, 5) is 27.1. The molecule has 4 rings (SSSR count). The molecule has 1 amide bonds. The minimum Gasteiger partial charge on any atom is -0.342 e. The second kappa shape index (κ2) is 6.47. The Hall–Kier alpha value is -2.02. The zero-order chi connectivity index (χ0) is 16.5. The van der Waals surface area contributed by atoms with Crippen LogP contribution in [-0.4, -0.2) is 38.9 Å². The fourth-order valence-corrected chi connectivity index (χ4v) is 4.39. The third-order valence-corrected chi connectivity index (χ3v) is 5.93. The van der Waals surface area contributed by atoms with Gasteiger partial charge in [-0.15, -0.1) is 16.4 Å². The average molecular weight is 344 g/mol. The van der Waals surface area contributed by atoms with E-state index in [1.807, 2.05) is 16.3 Å². The Morgan fingerprint density at radius 2 is 2.04 bits per heavy atom. The molecular weight excluding hydrogens is 324 g/mol. The van der Waals surface area contributed by atoms with Gasteiger partial charge in [-0.05, 0) is 43.6 Å². The average Bonchev–Trinajstić information content (AvgIpc) is 3.12. The summed E-state index contributed by atoms with van der Waals surface area (Å²) < 4.78 is 2.18. The smallest absolute Gasteiger partial charge is 0.287 e. The number of amides is 1. The van der Waals surface area contributed by atoms with E-state index in [1.54, 1.807) is 0 Å². The van der Waals surface area contributed by atoms with Crippen LogP contribution in [0.1, 0.15) is 38.1 Å². The molecule has 0 saturated carbocycles. The SMILES string of the molecule is O=C(C1CC=CCC1)N1CCC(n2nnc3ccsc3c2=O)CC1. The largest absolute Gasteiger partial charge is 0.342 e. The number of thiophene rings is 1. The van der Waals surface area contributed by atoms with Crippen molar-refractivity contribution in [1.29, 1.82) is 0 Å². The van der Waals surface area contributed by atoms with Crippen LogP contribution >= 0.6 is 11.3 Å². The Balaban J connectivity index is 1.45. The van der Waals surface area contributed by atoms with Crippen LogP contribution in [0.5, 0.6) is 0 Å². The van der Waals surface area contributed by atoms with Crippen molar-refractivity contribution in [2.45, 2.75) is 38.1 Å². The number of aromatic nitrogens is 3. The Bertz CT molecular complexity index is 832. The summed E-state index contributed by atoms with van der Waals surface area (Å²) in [6.45, 7) is 1.39. The number of fused-ring (bicyclic) bond motifs is 1. The lowest BCUT2D eigenvalue weighted by Gasteiger charge is -2.34. The minimum absolute atomic E-state index is 0.0341. The molecule has 1 atom stereocenters. The molecule has 126 valence electrons. The van der Waals surface area contributed by atoms with Gasteiger partial charge >= 0.3 is 0 Å². The molecule has 6 nitrogen and oxygen atoms in total. The number of carbonyl (C=O) groups excluding carboxylic acids is 1. The van der Waals surface area contributed by atoms with E-state index in [1.165, 1.54) is 16.0 Å². The second-order valence-corrected chi connectivity index (χ2v) is 7.43. The van der Waals surface area contributed by atoms with E-state index in [0.29, 0.717) is 23.3 Å². The first kappa shape index (κ1) is 15.5. The van der Waals surface area contributed by atoms with Crippen LogP contribution in [-0.2, 0) is 4.79 Å². The maximum atomic E-state index is 12.6. The molecule has 0 radical (unpaired) electrons. The first-order chi connectivity index (χ1) is 11.7. The highest BCUT2D eigenvalue weighted by Crippen LogP contribution is 2.26. The molecule has 1 aliphatic heterocycles. The number of piperidine rings is 1. The number of hydrogen-bond acceptors (Lipinski definition) is 5. The lowest BCUT2D eigenvalue weighted by atomic mass is 9.92. The standard InChI is InChI=1S/C17H20N4O2S/c22-16(12-4-2-1-3-5-12)20-9-6-13(7-10-20)21-17(23)15-14(18-19-21)8-11-24-15/h1-2,8,11-13H,3-7,9-10H2. The van der Waals surface area contributed by atoms with Gasteiger partial charge < -0.3 is 4.90 Å². The normalized spacial score (nSPS) is 22.2. The van der Waals surface area contributed by atoms with E-state index in [4.69, 9.17) is 0 Å². The quantitative estimate of drug-likeness (QED) is 0.785. The maximum Gasteiger partial charge on any atom is 0.287 e. The van der Waals surface area contributed by atoms with Crippen molar-refractivity contribution in [2.75, 3.05) is 13.1 Å². The van der Waals surface area contributed by atoms with Crippen molar-refractivity contribution >= 4 is 27.5 Å². The van der Waals surface area contributed by atoms with E-state index in [-0.39, 0.29) is 23.4 Å². The predicted molar refractivity (Wildman–Crippen MR) is 93.0 cm³/mol. The molecule has 1 unspecified atom stereocenters. The highest BCUT2D eigenvalue weighted by atomic mass is 32.1. The molecule has 3 heterocycles. The minimum atomic E-state index is -0.0582. The van der Waals surface area contributed by atoms with Crippen LogP contribution in [0, 0.1) is 5.92 Å². The fourth-order valence-electron chi connectivity index (χ4n) is 3.63. The summed E-state index contributed by atoms with van der Waals surface area (Å²) in [5, 5.41) is 10.1. The highest BCUT2D eigenvalue weighted by Gasteiger charge is 2.29. The van der Waals surface area contributed by atoms with Crippen LogP contribution in [0.3, 0.4) is 0 Å². The van der Waals surface area contributed by atoms with Crippen molar-refractivity contribution in [3.63, 3.8) is 0 Å². The third-order valence-electron chi connectivity index (χ3n) is 5.04. The predicted octanol–water partition coefficient (Wildman–Crippen LogP) is 2.37. The van der Waals surface area contributed by atoms with Gasteiger partial charge in [-0.2, -0.15) is 0 Å². The van der Waals surface area contributed by atoms with E-state index >= 15 is 0 Å². The van der Waals surface area contributed by atoms with Crippen molar-refractivity contribution in [3.05, 3.63) is 34.0 Å². The number of carbonyl (C=O) groups is 1. The molecule has 1 saturated heterocycles. The molecule has 0 bridgehead atoms. The molecule has 1 fully saturated rings. The first-order valence-electron chi connectivity index (χ1n) is 8.50. The zero-order valence-electron chi connectivity index (χ0n) is 13.4. The van der Waals surface area contributed by atoms with Crippen LogP contribution in [0.15, 0.2) is 28.4 Å². The summed E-state index contributed by atoms with van der Waals surface area (Å²) in [5.74, 6) is 0.404. The van der Waals surface area contributed by atoms with Gasteiger partial charge in [0.2, 0.25) is 5.91 Å². The summed E-state index contributed by atoms with van der Waals surface area (Å²) in [5.41, 5.74) is 0.608. The van der Waals surface area contributed by atoms with Crippen LogP contribution in [0.2, 0.25) is 0 Å². The van der Waals surface area contributed by atoms with E-state index in [2.05, 4.69) is 22.5 Å². The van der Waals surface area contributed by atoms with Gasteiger partial charge in [0.25, 0.3) is 5.56 Å². The van der Waals surface area contributed by atoms with Crippen molar-refractivity contribution in [3.8, 4) is 0 Å². The lowest BCUT2D eigenvalue weighted by Crippen LogP contribution is -2.44. The van der Waals surface area contributed by atoms with Gasteiger partial charge in [0.05, 0.1) is 6.04 Å². The Labute approximate surface area is 143 Å². The monoisotopic (exact) mass is 344 g/mol. The van der Waals surface area contributed by atoms with Crippen LogP contribution < -0.4 is 5.56 Å². The number of allylic oxidation sites excluding steroid dienone is 2. The molecule has 2 aromatic rings. The fraction of sp³-hybridized carbons (Fsp3) is 0.529. The maximum absolute atomic E-state index is 12.6. The number of nitrogens with zero attached hydrogens (tertiary/aromatic N) is 4. The molecular formula is C17H20N4O2S. The van der Waals surface area contributed by atoms with Gasteiger partial charge in [-0.1, -0.05) is 17.4 Å². The van der Waals surface area contributed by atoms with Gasteiger partial charge in [0.1, 0.15) is 10.2 Å². The molecule has 0 N–H and O–H groups in total. The highest BCUT2D eigenvalue weighted by molar-refractivity contribution is 7.17. The van der Waals surface area contributed by atoms with E-state index in [0.717, 1.165) is 32.1 Å².